The lowest BCUT2D eigenvalue weighted by molar-refractivity contribution is -0.116. The first-order chi connectivity index (χ1) is 8.04. The van der Waals surface area contributed by atoms with Crippen LogP contribution in [0.2, 0.25) is 5.28 Å². The highest BCUT2D eigenvalue weighted by molar-refractivity contribution is 6.28. The Morgan fingerprint density at radius 1 is 1.59 bits per heavy atom. The number of ether oxygens (including phenoxy) is 1. The molecule has 0 aromatic carbocycles. The zero-order chi connectivity index (χ0) is 12.8. The minimum atomic E-state index is 0.0315. The van der Waals surface area contributed by atoms with Crippen LogP contribution in [0.5, 0.6) is 5.88 Å². The van der Waals surface area contributed by atoms with E-state index in [9.17, 15) is 4.79 Å². The molecular formula is C10H13ClN4O2. The zero-order valence-electron chi connectivity index (χ0n) is 9.61. The third-order valence-corrected chi connectivity index (χ3v) is 2.08. The van der Waals surface area contributed by atoms with Gasteiger partial charge in [0.05, 0.1) is 7.11 Å². The summed E-state index contributed by atoms with van der Waals surface area (Å²) >= 11 is 5.69. The fraction of sp³-hybridized carbons (Fsp3) is 0.400. The number of hydrogen-bond acceptors (Lipinski definition) is 6. The number of Topliss-reactive ketones (excluding diaryl/α,β-unsaturated/α-hetero) is 1. The molecule has 1 aromatic heterocycles. The van der Waals surface area contributed by atoms with E-state index in [-0.39, 0.29) is 22.6 Å². The summed E-state index contributed by atoms with van der Waals surface area (Å²) in [5, 5.41) is 0.0315. The van der Waals surface area contributed by atoms with Gasteiger partial charge in [0.15, 0.2) is 0 Å². The number of nitrogens with two attached hydrogens (primary N) is 1. The molecule has 0 spiro atoms. The molecule has 92 valence electrons. The molecule has 6 nitrogen and oxygen atoms in total. The number of halogens is 1. The third-order valence-electron chi connectivity index (χ3n) is 1.91. The van der Waals surface area contributed by atoms with Crippen LogP contribution in [0.3, 0.4) is 0 Å². The molecule has 0 saturated carbocycles. The molecule has 0 atom stereocenters. The summed E-state index contributed by atoms with van der Waals surface area (Å²) in [7, 11) is 1.44. The minimum Gasteiger partial charge on any atom is -0.479 e. The van der Waals surface area contributed by atoms with Crippen LogP contribution in [0.25, 0.3) is 0 Å². The van der Waals surface area contributed by atoms with E-state index in [1.807, 2.05) is 0 Å². The molecule has 0 aliphatic heterocycles. The maximum Gasteiger partial charge on any atom is 0.242 e. The van der Waals surface area contributed by atoms with Crippen LogP contribution in [0.1, 0.15) is 19.0 Å². The minimum absolute atomic E-state index is 0.0315. The number of hydrogen-bond donors (Lipinski definition) is 1. The summed E-state index contributed by atoms with van der Waals surface area (Å²) in [5.74, 6) is 0.284. The normalized spacial score (nSPS) is 10.8. The number of anilines is 1. The van der Waals surface area contributed by atoms with Gasteiger partial charge in [0.2, 0.25) is 11.2 Å². The van der Waals surface area contributed by atoms with Crippen molar-refractivity contribution >= 4 is 29.3 Å². The number of carbonyl (C=O) groups is 1. The van der Waals surface area contributed by atoms with Crippen molar-refractivity contribution < 1.29 is 9.53 Å². The summed E-state index contributed by atoms with van der Waals surface area (Å²) in [6, 6.07) is 0. The van der Waals surface area contributed by atoms with Crippen molar-refractivity contribution in [3.63, 3.8) is 0 Å². The van der Waals surface area contributed by atoms with Crippen LogP contribution in [0.4, 0.5) is 5.69 Å². The van der Waals surface area contributed by atoms with Gasteiger partial charge in [-0.25, -0.2) is 4.98 Å². The van der Waals surface area contributed by atoms with Crippen molar-refractivity contribution in [1.82, 2.24) is 9.97 Å². The standard InChI is InChI=1S/C10H13ClN4O2/c1-6(16)3-4-13-5-7-8(12)9(17-2)15-10(11)14-7/h5H,3-4,12H2,1-2H3. The van der Waals surface area contributed by atoms with Crippen molar-refractivity contribution in [2.75, 3.05) is 19.4 Å². The maximum atomic E-state index is 10.7. The van der Waals surface area contributed by atoms with Gasteiger partial charge in [-0.2, -0.15) is 4.98 Å². The van der Waals surface area contributed by atoms with Gasteiger partial charge in [-0.1, -0.05) is 0 Å². The quantitative estimate of drug-likeness (QED) is 0.630. The predicted molar refractivity (Wildman–Crippen MR) is 65.8 cm³/mol. The molecule has 0 radical (unpaired) electrons. The lowest BCUT2D eigenvalue weighted by Gasteiger charge is -2.05. The van der Waals surface area contributed by atoms with E-state index in [0.29, 0.717) is 18.7 Å². The van der Waals surface area contributed by atoms with E-state index in [0.717, 1.165) is 0 Å². The Kier molecular flexibility index (Phi) is 4.84. The van der Waals surface area contributed by atoms with Crippen LogP contribution in [0, 0.1) is 0 Å². The van der Waals surface area contributed by atoms with E-state index in [4.69, 9.17) is 22.1 Å². The van der Waals surface area contributed by atoms with Gasteiger partial charge in [-0.05, 0) is 18.5 Å². The number of carbonyl (C=O) groups excluding carboxylic acids is 1. The molecule has 0 bridgehead atoms. The highest BCUT2D eigenvalue weighted by atomic mass is 35.5. The third kappa shape index (κ3) is 3.99. The van der Waals surface area contributed by atoms with E-state index in [2.05, 4.69) is 15.0 Å². The van der Waals surface area contributed by atoms with Crippen LogP contribution in [0.15, 0.2) is 4.99 Å². The highest BCUT2D eigenvalue weighted by Gasteiger charge is 2.09. The fourth-order valence-electron chi connectivity index (χ4n) is 1.07. The second-order valence-electron chi connectivity index (χ2n) is 3.29. The van der Waals surface area contributed by atoms with Gasteiger partial charge < -0.3 is 10.5 Å². The Bertz CT molecular complexity index is 448. The van der Waals surface area contributed by atoms with Gasteiger partial charge in [-0.15, -0.1) is 0 Å². The first-order valence-corrected chi connectivity index (χ1v) is 5.28. The van der Waals surface area contributed by atoms with Gasteiger partial charge in [0, 0.05) is 19.2 Å². The lowest BCUT2D eigenvalue weighted by Crippen LogP contribution is -2.04. The molecule has 1 heterocycles. The number of ketones is 1. The molecule has 0 aliphatic carbocycles. The molecule has 0 fully saturated rings. The first kappa shape index (κ1) is 13.4. The molecule has 0 saturated heterocycles. The van der Waals surface area contributed by atoms with Crippen LogP contribution in [-0.4, -0.2) is 35.6 Å². The zero-order valence-corrected chi connectivity index (χ0v) is 10.4. The Morgan fingerprint density at radius 3 is 2.88 bits per heavy atom. The summed E-state index contributed by atoms with van der Waals surface area (Å²) < 4.78 is 4.93. The van der Waals surface area contributed by atoms with E-state index < -0.39 is 0 Å². The summed E-state index contributed by atoms with van der Waals surface area (Å²) in [4.78, 5) is 22.5. The molecule has 17 heavy (non-hydrogen) atoms. The number of aromatic nitrogens is 2. The van der Waals surface area contributed by atoms with E-state index in [1.165, 1.54) is 20.2 Å². The molecule has 7 heteroatoms. The first-order valence-electron chi connectivity index (χ1n) is 4.91. The van der Waals surface area contributed by atoms with E-state index >= 15 is 0 Å². The second kappa shape index (κ2) is 6.15. The van der Waals surface area contributed by atoms with Gasteiger partial charge in [0.25, 0.3) is 0 Å². The molecular weight excluding hydrogens is 244 g/mol. The van der Waals surface area contributed by atoms with Crippen molar-refractivity contribution in [3.8, 4) is 5.88 Å². The van der Waals surface area contributed by atoms with Gasteiger partial charge >= 0.3 is 0 Å². The maximum absolute atomic E-state index is 10.7. The lowest BCUT2D eigenvalue weighted by atomic mass is 10.3. The fourth-order valence-corrected chi connectivity index (χ4v) is 1.23. The van der Waals surface area contributed by atoms with Crippen LogP contribution in [-0.2, 0) is 4.79 Å². The molecule has 2 N–H and O–H groups in total. The average Bonchev–Trinajstić information content (AvgIpc) is 2.28. The van der Waals surface area contributed by atoms with Crippen molar-refractivity contribution in [1.29, 1.82) is 0 Å². The number of methoxy groups -OCH3 is 1. The highest BCUT2D eigenvalue weighted by Crippen LogP contribution is 2.21. The second-order valence-corrected chi connectivity index (χ2v) is 3.63. The molecule has 0 aliphatic rings. The van der Waals surface area contributed by atoms with Crippen molar-refractivity contribution in [2.24, 2.45) is 4.99 Å². The Morgan fingerprint density at radius 2 is 2.29 bits per heavy atom. The average molecular weight is 257 g/mol. The van der Waals surface area contributed by atoms with Gasteiger partial charge in [-0.3, -0.25) is 9.79 Å². The van der Waals surface area contributed by atoms with Crippen LogP contribution >= 0.6 is 11.6 Å². The number of nitrogens with zero attached hydrogens (tertiary/aromatic N) is 3. The monoisotopic (exact) mass is 256 g/mol. The largest absolute Gasteiger partial charge is 0.479 e. The topological polar surface area (TPSA) is 90.5 Å². The Labute approximate surface area is 104 Å². The number of aliphatic imine (C=N–C) groups is 1. The van der Waals surface area contributed by atoms with E-state index in [1.54, 1.807) is 0 Å². The summed E-state index contributed by atoms with van der Waals surface area (Å²) in [5.41, 5.74) is 6.39. The molecule has 1 rings (SSSR count). The summed E-state index contributed by atoms with van der Waals surface area (Å²) in [6.45, 7) is 1.90. The smallest absolute Gasteiger partial charge is 0.242 e. The molecule has 1 aromatic rings. The molecule has 0 unspecified atom stereocenters. The molecule has 0 amide bonds. The van der Waals surface area contributed by atoms with Crippen LogP contribution < -0.4 is 10.5 Å². The SMILES string of the molecule is COc1nc(Cl)nc(C=NCCC(C)=O)c1N. The predicted octanol–water partition coefficient (Wildman–Crippen LogP) is 1.12. The number of nitrogen functional groups attached to an aromatic ring is 1. The van der Waals surface area contributed by atoms with Gasteiger partial charge in [0.1, 0.15) is 17.2 Å². The Balaban J connectivity index is 2.83. The van der Waals surface area contributed by atoms with Crippen molar-refractivity contribution in [2.45, 2.75) is 13.3 Å². The summed E-state index contributed by atoms with van der Waals surface area (Å²) in [6.07, 6.45) is 1.83. The Hall–Kier alpha value is -1.69. The number of rotatable bonds is 5. The van der Waals surface area contributed by atoms with Crippen molar-refractivity contribution in [3.05, 3.63) is 11.0 Å².